The normalized spacial score (nSPS) is 10.4. The number of aliphatic hydroxyl groups excluding tert-OH is 1. The average Bonchev–Trinajstić information content (AvgIpc) is 2.67. The van der Waals surface area contributed by atoms with Gasteiger partial charge in [0.2, 0.25) is 0 Å². The lowest BCUT2D eigenvalue weighted by Gasteiger charge is -2.06. The zero-order chi connectivity index (χ0) is 9.97. The summed E-state index contributed by atoms with van der Waals surface area (Å²) in [5, 5.41) is 9.03. The first-order chi connectivity index (χ1) is 6.81. The second kappa shape index (κ2) is 3.64. The van der Waals surface area contributed by atoms with Gasteiger partial charge in [-0.05, 0) is 36.4 Å². The first-order valence-corrected chi connectivity index (χ1v) is 4.34. The van der Waals surface area contributed by atoms with Crippen LogP contribution in [0.1, 0.15) is 5.69 Å². The van der Waals surface area contributed by atoms with E-state index in [2.05, 4.69) is 0 Å². The van der Waals surface area contributed by atoms with Gasteiger partial charge in [-0.3, -0.25) is 0 Å². The summed E-state index contributed by atoms with van der Waals surface area (Å²) in [5.41, 5.74) is 1.64. The van der Waals surface area contributed by atoms with Crippen LogP contribution < -0.4 is 0 Å². The van der Waals surface area contributed by atoms with Crippen molar-refractivity contribution in [1.82, 2.24) is 4.57 Å². The highest BCUT2D eigenvalue weighted by atomic mass is 19.1. The van der Waals surface area contributed by atoms with Crippen LogP contribution in [0.25, 0.3) is 5.69 Å². The van der Waals surface area contributed by atoms with Crippen LogP contribution in [0.5, 0.6) is 0 Å². The fraction of sp³-hybridized carbons (Fsp3) is 0.0909. The Morgan fingerprint density at radius 2 is 1.86 bits per heavy atom. The van der Waals surface area contributed by atoms with Crippen molar-refractivity contribution in [3.05, 3.63) is 54.1 Å². The maximum atomic E-state index is 12.7. The summed E-state index contributed by atoms with van der Waals surface area (Å²) in [7, 11) is 0. The summed E-state index contributed by atoms with van der Waals surface area (Å²) in [4.78, 5) is 0. The molecule has 0 bridgehead atoms. The number of aliphatic hydroxyl groups is 1. The van der Waals surface area contributed by atoms with E-state index in [1.54, 1.807) is 12.1 Å². The van der Waals surface area contributed by atoms with E-state index in [0.29, 0.717) is 0 Å². The molecule has 3 heteroatoms. The molecule has 72 valence electrons. The summed E-state index contributed by atoms with van der Waals surface area (Å²) in [6, 6.07) is 9.81. The highest BCUT2D eigenvalue weighted by Crippen LogP contribution is 2.13. The van der Waals surface area contributed by atoms with Crippen LogP contribution in [0, 0.1) is 5.82 Å². The van der Waals surface area contributed by atoms with Crippen LogP contribution >= 0.6 is 0 Å². The number of nitrogens with zero attached hydrogens (tertiary/aromatic N) is 1. The van der Waals surface area contributed by atoms with Crippen molar-refractivity contribution in [2.45, 2.75) is 6.61 Å². The Balaban J connectivity index is 2.44. The Hall–Kier alpha value is -1.61. The van der Waals surface area contributed by atoms with E-state index in [1.807, 2.05) is 22.9 Å². The van der Waals surface area contributed by atoms with Crippen molar-refractivity contribution >= 4 is 0 Å². The third kappa shape index (κ3) is 1.54. The topological polar surface area (TPSA) is 25.2 Å². The van der Waals surface area contributed by atoms with Crippen LogP contribution in [-0.4, -0.2) is 9.67 Å². The predicted octanol–water partition coefficient (Wildman–Crippen LogP) is 2.11. The first kappa shape index (κ1) is 8.97. The van der Waals surface area contributed by atoms with Gasteiger partial charge in [0.05, 0.1) is 6.61 Å². The maximum Gasteiger partial charge on any atom is 0.123 e. The average molecular weight is 191 g/mol. The van der Waals surface area contributed by atoms with Gasteiger partial charge in [0.1, 0.15) is 5.82 Å². The minimum Gasteiger partial charge on any atom is -0.390 e. The molecule has 0 spiro atoms. The molecule has 0 radical (unpaired) electrons. The fourth-order valence-corrected chi connectivity index (χ4v) is 1.40. The van der Waals surface area contributed by atoms with Crippen molar-refractivity contribution in [1.29, 1.82) is 0 Å². The van der Waals surface area contributed by atoms with Crippen molar-refractivity contribution in [3.63, 3.8) is 0 Å². The lowest BCUT2D eigenvalue weighted by Crippen LogP contribution is -1.98. The van der Waals surface area contributed by atoms with Crippen molar-refractivity contribution in [2.24, 2.45) is 0 Å². The number of halogens is 1. The molecule has 0 fully saturated rings. The Labute approximate surface area is 81.2 Å². The highest BCUT2D eigenvalue weighted by Gasteiger charge is 2.01. The van der Waals surface area contributed by atoms with Crippen molar-refractivity contribution in [3.8, 4) is 5.69 Å². The third-order valence-corrected chi connectivity index (χ3v) is 2.10. The smallest absolute Gasteiger partial charge is 0.123 e. The molecule has 0 atom stereocenters. The molecule has 0 aliphatic heterocycles. The quantitative estimate of drug-likeness (QED) is 0.772. The number of benzene rings is 1. The molecule has 2 aromatic rings. The summed E-state index contributed by atoms with van der Waals surface area (Å²) in [5.74, 6) is -0.258. The molecule has 1 aromatic carbocycles. The molecular formula is C11H10FNO. The molecule has 0 amide bonds. The SMILES string of the molecule is OCc1cccn1-c1ccc(F)cc1. The minimum atomic E-state index is -0.258. The number of hydrogen-bond acceptors (Lipinski definition) is 1. The van der Waals surface area contributed by atoms with E-state index in [1.165, 1.54) is 12.1 Å². The first-order valence-electron chi connectivity index (χ1n) is 4.34. The largest absolute Gasteiger partial charge is 0.390 e. The maximum absolute atomic E-state index is 12.7. The van der Waals surface area contributed by atoms with Gasteiger partial charge >= 0.3 is 0 Å². The lowest BCUT2D eigenvalue weighted by atomic mass is 10.3. The molecule has 0 saturated carbocycles. The summed E-state index contributed by atoms with van der Waals surface area (Å²) < 4.78 is 14.5. The van der Waals surface area contributed by atoms with Crippen LogP contribution in [-0.2, 0) is 6.61 Å². The van der Waals surface area contributed by atoms with E-state index < -0.39 is 0 Å². The predicted molar refractivity (Wildman–Crippen MR) is 51.6 cm³/mol. The van der Waals surface area contributed by atoms with Gasteiger partial charge in [0.15, 0.2) is 0 Å². The lowest BCUT2D eigenvalue weighted by molar-refractivity contribution is 0.274. The minimum absolute atomic E-state index is 0.0234. The van der Waals surface area contributed by atoms with E-state index in [-0.39, 0.29) is 12.4 Å². The summed E-state index contributed by atoms with van der Waals surface area (Å²) in [6.45, 7) is -0.0234. The van der Waals surface area contributed by atoms with Crippen molar-refractivity contribution in [2.75, 3.05) is 0 Å². The molecule has 1 N–H and O–H groups in total. The summed E-state index contributed by atoms with van der Waals surface area (Å²) >= 11 is 0. The zero-order valence-electron chi connectivity index (χ0n) is 7.52. The van der Waals surface area contributed by atoms with Crippen LogP contribution in [0.3, 0.4) is 0 Å². The van der Waals surface area contributed by atoms with Gasteiger partial charge in [-0.1, -0.05) is 0 Å². The number of aromatic nitrogens is 1. The van der Waals surface area contributed by atoms with E-state index >= 15 is 0 Å². The molecule has 0 aliphatic carbocycles. The van der Waals surface area contributed by atoms with E-state index in [4.69, 9.17) is 5.11 Å². The Kier molecular flexibility index (Phi) is 2.33. The second-order valence-electron chi connectivity index (χ2n) is 3.00. The van der Waals surface area contributed by atoms with E-state index in [9.17, 15) is 4.39 Å². The van der Waals surface area contributed by atoms with Gasteiger partial charge in [0.25, 0.3) is 0 Å². The highest BCUT2D eigenvalue weighted by molar-refractivity contribution is 5.34. The number of hydrogen-bond donors (Lipinski definition) is 1. The molecule has 1 heterocycles. The van der Waals surface area contributed by atoms with Crippen molar-refractivity contribution < 1.29 is 9.50 Å². The van der Waals surface area contributed by atoms with Crippen LogP contribution in [0.4, 0.5) is 4.39 Å². The fourth-order valence-electron chi connectivity index (χ4n) is 1.40. The monoisotopic (exact) mass is 191 g/mol. The third-order valence-electron chi connectivity index (χ3n) is 2.10. The Morgan fingerprint density at radius 3 is 2.50 bits per heavy atom. The molecule has 0 aliphatic rings. The van der Waals surface area contributed by atoms with Crippen LogP contribution in [0.2, 0.25) is 0 Å². The zero-order valence-corrected chi connectivity index (χ0v) is 7.52. The van der Waals surface area contributed by atoms with E-state index in [0.717, 1.165) is 11.4 Å². The molecule has 1 aromatic heterocycles. The van der Waals surface area contributed by atoms with Gasteiger partial charge in [-0.25, -0.2) is 4.39 Å². The molecule has 0 unspecified atom stereocenters. The molecule has 2 rings (SSSR count). The molecule has 0 saturated heterocycles. The standard InChI is InChI=1S/C11H10FNO/c12-9-3-5-10(6-4-9)13-7-1-2-11(13)8-14/h1-7,14H,8H2. The van der Waals surface area contributed by atoms with Gasteiger partial charge in [-0.2, -0.15) is 0 Å². The summed E-state index contributed by atoms with van der Waals surface area (Å²) in [6.07, 6.45) is 1.83. The number of rotatable bonds is 2. The molecular weight excluding hydrogens is 181 g/mol. The molecule has 14 heavy (non-hydrogen) atoms. The Bertz CT molecular complexity index is 419. The van der Waals surface area contributed by atoms with Crippen LogP contribution in [0.15, 0.2) is 42.6 Å². The van der Waals surface area contributed by atoms with Gasteiger partial charge < -0.3 is 9.67 Å². The Morgan fingerprint density at radius 1 is 1.14 bits per heavy atom. The van der Waals surface area contributed by atoms with Gasteiger partial charge in [0, 0.05) is 17.6 Å². The molecule has 2 nitrogen and oxygen atoms in total. The second-order valence-corrected chi connectivity index (χ2v) is 3.00. The van der Waals surface area contributed by atoms with Gasteiger partial charge in [-0.15, -0.1) is 0 Å².